The first-order valence-corrected chi connectivity index (χ1v) is 9.17. The Hall–Kier alpha value is -1.64. The van der Waals surface area contributed by atoms with Crippen molar-refractivity contribution in [3.8, 4) is 0 Å². The van der Waals surface area contributed by atoms with Crippen molar-refractivity contribution in [2.24, 2.45) is 23.0 Å². The molecule has 1 fully saturated rings. The average molecular weight is 327 g/mol. The predicted molar refractivity (Wildman–Crippen MR) is 95.9 cm³/mol. The van der Waals surface area contributed by atoms with Crippen LogP contribution in [-0.2, 0) is 16.6 Å². The zero-order chi connectivity index (χ0) is 17.7. The second kappa shape index (κ2) is 5.72. The Kier molecular flexibility index (Phi) is 4.09. The van der Waals surface area contributed by atoms with Gasteiger partial charge >= 0.3 is 0 Å². The van der Waals surface area contributed by atoms with E-state index in [2.05, 4.69) is 26.0 Å². The van der Waals surface area contributed by atoms with E-state index in [4.69, 9.17) is 5.73 Å². The van der Waals surface area contributed by atoms with Gasteiger partial charge in [0.15, 0.2) is 5.78 Å². The van der Waals surface area contributed by atoms with Crippen LogP contribution in [0, 0.1) is 17.3 Å². The lowest BCUT2D eigenvalue weighted by Gasteiger charge is -2.54. The predicted octanol–water partition coefficient (Wildman–Crippen LogP) is 4.02. The Bertz CT molecular complexity index is 693. The Labute approximate surface area is 145 Å². The number of carbonyl (C=O) groups excluding carboxylic acids is 2. The summed E-state index contributed by atoms with van der Waals surface area (Å²) >= 11 is 0. The van der Waals surface area contributed by atoms with Gasteiger partial charge in [-0.1, -0.05) is 46.2 Å². The van der Waals surface area contributed by atoms with Crippen LogP contribution in [0.1, 0.15) is 74.9 Å². The second-order valence-corrected chi connectivity index (χ2v) is 8.53. The zero-order valence-electron chi connectivity index (χ0n) is 15.3. The van der Waals surface area contributed by atoms with Crippen LogP contribution in [0.5, 0.6) is 0 Å². The zero-order valence-corrected chi connectivity index (χ0v) is 15.3. The van der Waals surface area contributed by atoms with E-state index >= 15 is 0 Å². The maximum Gasteiger partial charge on any atom is 0.223 e. The van der Waals surface area contributed by atoms with E-state index in [0.29, 0.717) is 0 Å². The molecule has 1 aromatic carbocycles. The van der Waals surface area contributed by atoms with E-state index in [1.165, 1.54) is 11.1 Å². The van der Waals surface area contributed by atoms with Crippen LogP contribution in [0.2, 0.25) is 0 Å². The number of aryl methyl sites for hydroxylation is 1. The summed E-state index contributed by atoms with van der Waals surface area (Å²) in [5, 5.41) is 0. The van der Waals surface area contributed by atoms with E-state index in [9.17, 15) is 9.59 Å². The SMILES string of the molecule is CC(C)C(=O)c1ccc2c(c1)CCC1C(C)(C(N)=O)CCCC21C. The number of primary amides is 1. The molecule has 130 valence electrons. The summed E-state index contributed by atoms with van der Waals surface area (Å²) in [6.45, 7) is 8.23. The molecule has 2 aliphatic carbocycles. The number of nitrogens with two attached hydrogens (primary N) is 1. The van der Waals surface area contributed by atoms with Crippen LogP contribution in [0.25, 0.3) is 0 Å². The molecule has 0 bridgehead atoms. The Balaban J connectivity index is 2.05. The molecule has 3 atom stereocenters. The fourth-order valence-electron chi connectivity index (χ4n) is 5.27. The fourth-order valence-corrected chi connectivity index (χ4v) is 5.27. The van der Waals surface area contributed by atoms with Gasteiger partial charge in [0.05, 0.1) is 0 Å². The number of hydrogen-bond donors (Lipinski definition) is 1. The summed E-state index contributed by atoms with van der Waals surface area (Å²) in [5.74, 6) is 0.349. The highest BCUT2D eigenvalue weighted by Gasteiger charge is 2.54. The number of benzene rings is 1. The third kappa shape index (κ3) is 2.40. The molecule has 24 heavy (non-hydrogen) atoms. The molecule has 3 rings (SSSR count). The molecule has 1 saturated carbocycles. The Morgan fingerprint density at radius 3 is 2.54 bits per heavy atom. The molecule has 0 radical (unpaired) electrons. The van der Waals surface area contributed by atoms with Crippen LogP contribution >= 0.6 is 0 Å². The van der Waals surface area contributed by atoms with Crippen LogP contribution in [0.4, 0.5) is 0 Å². The van der Waals surface area contributed by atoms with Gasteiger partial charge in [-0.15, -0.1) is 0 Å². The number of Topliss-reactive ketones (excluding diaryl/α,β-unsaturated/α-hetero) is 1. The van der Waals surface area contributed by atoms with Crippen LogP contribution in [0.3, 0.4) is 0 Å². The summed E-state index contributed by atoms with van der Waals surface area (Å²) in [6.07, 6.45) is 4.91. The molecule has 2 N–H and O–H groups in total. The van der Waals surface area contributed by atoms with Gasteiger partial charge in [0, 0.05) is 16.9 Å². The molecular formula is C21H29NO2. The van der Waals surface area contributed by atoms with Gasteiger partial charge in [0.2, 0.25) is 5.91 Å². The van der Waals surface area contributed by atoms with Gasteiger partial charge < -0.3 is 5.73 Å². The number of ketones is 1. The third-order valence-electron chi connectivity index (χ3n) is 6.73. The van der Waals surface area contributed by atoms with Crippen molar-refractivity contribution >= 4 is 11.7 Å². The van der Waals surface area contributed by atoms with Gasteiger partial charge in [-0.3, -0.25) is 9.59 Å². The van der Waals surface area contributed by atoms with Gasteiger partial charge in [-0.25, -0.2) is 0 Å². The second-order valence-electron chi connectivity index (χ2n) is 8.53. The molecule has 3 nitrogen and oxygen atoms in total. The van der Waals surface area contributed by atoms with Gasteiger partial charge in [0.1, 0.15) is 0 Å². The van der Waals surface area contributed by atoms with Gasteiger partial charge in [0.25, 0.3) is 0 Å². The first-order valence-electron chi connectivity index (χ1n) is 9.17. The molecule has 2 aliphatic rings. The van der Waals surface area contributed by atoms with Crippen LogP contribution in [0.15, 0.2) is 18.2 Å². The fraction of sp³-hybridized carbons (Fsp3) is 0.619. The minimum Gasteiger partial charge on any atom is -0.369 e. The van der Waals surface area contributed by atoms with Gasteiger partial charge in [-0.2, -0.15) is 0 Å². The van der Waals surface area contributed by atoms with E-state index in [0.717, 1.165) is 37.7 Å². The molecule has 0 spiro atoms. The Morgan fingerprint density at radius 1 is 1.21 bits per heavy atom. The number of amides is 1. The third-order valence-corrected chi connectivity index (χ3v) is 6.73. The molecule has 0 aromatic heterocycles. The highest BCUT2D eigenvalue weighted by Crippen LogP contribution is 2.57. The number of hydrogen-bond acceptors (Lipinski definition) is 2. The summed E-state index contributed by atoms with van der Waals surface area (Å²) in [4.78, 5) is 24.5. The Morgan fingerprint density at radius 2 is 1.92 bits per heavy atom. The minimum atomic E-state index is -0.420. The molecule has 3 unspecified atom stereocenters. The van der Waals surface area contributed by atoms with E-state index < -0.39 is 5.41 Å². The van der Waals surface area contributed by atoms with E-state index in [1.807, 2.05) is 19.9 Å². The number of carbonyl (C=O) groups is 2. The highest BCUT2D eigenvalue weighted by atomic mass is 16.1. The van der Waals surface area contributed by atoms with Crippen LogP contribution in [-0.4, -0.2) is 11.7 Å². The summed E-state index contributed by atoms with van der Waals surface area (Å²) < 4.78 is 0. The molecule has 0 saturated heterocycles. The molecule has 1 aromatic rings. The maximum absolute atomic E-state index is 12.3. The normalized spacial score (nSPS) is 32.1. The lowest BCUT2D eigenvalue weighted by atomic mass is 9.49. The standard InChI is InChI=1S/C21H29NO2/c1-13(2)18(23)15-6-8-16-14(12-15)7-9-17-20(16,3)10-5-11-21(17,4)19(22)24/h6,8,12-13,17H,5,7,9-11H2,1-4H3,(H2,22,24). The molecule has 3 heteroatoms. The monoisotopic (exact) mass is 327 g/mol. The minimum absolute atomic E-state index is 0.0165. The van der Waals surface area contributed by atoms with Crippen molar-refractivity contribution in [1.82, 2.24) is 0 Å². The molecule has 0 aliphatic heterocycles. The molecular weight excluding hydrogens is 298 g/mol. The van der Waals surface area contributed by atoms with Crippen LogP contribution < -0.4 is 5.73 Å². The largest absolute Gasteiger partial charge is 0.369 e. The topological polar surface area (TPSA) is 60.2 Å². The lowest BCUT2D eigenvalue weighted by molar-refractivity contribution is -0.135. The quantitative estimate of drug-likeness (QED) is 0.852. The summed E-state index contributed by atoms with van der Waals surface area (Å²) in [5.41, 5.74) is 8.79. The van der Waals surface area contributed by atoms with Crippen molar-refractivity contribution in [2.45, 2.75) is 65.2 Å². The highest BCUT2D eigenvalue weighted by molar-refractivity contribution is 5.97. The first-order chi connectivity index (χ1) is 11.2. The van der Waals surface area contributed by atoms with Crippen molar-refractivity contribution in [2.75, 3.05) is 0 Å². The summed E-state index contributed by atoms with van der Waals surface area (Å²) in [7, 11) is 0. The van der Waals surface area contributed by atoms with E-state index in [-0.39, 0.29) is 28.9 Å². The number of fused-ring (bicyclic) bond motifs is 3. The maximum atomic E-state index is 12.3. The number of rotatable bonds is 3. The lowest BCUT2D eigenvalue weighted by Crippen LogP contribution is -2.54. The van der Waals surface area contributed by atoms with Gasteiger partial charge in [-0.05, 0) is 54.2 Å². The van der Waals surface area contributed by atoms with Crippen molar-refractivity contribution in [3.63, 3.8) is 0 Å². The van der Waals surface area contributed by atoms with E-state index in [1.54, 1.807) is 0 Å². The summed E-state index contributed by atoms with van der Waals surface area (Å²) in [6, 6.07) is 6.21. The molecule has 0 heterocycles. The van der Waals surface area contributed by atoms with Crippen molar-refractivity contribution in [1.29, 1.82) is 0 Å². The molecule has 1 amide bonds. The average Bonchev–Trinajstić information content (AvgIpc) is 2.53. The smallest absolute Gasteiger partial charge is 0.223 e. The first kappa shape index (κ1) is 17.2. The van der Waals surface area contributed by atoms with Crippen molar-refractivity contribution < 1.29 is 9.59 Å². The van der Waals surface area contributed by atoms with Crippen molar-refractivity contribution in [3.05, 3.63) is 34.9 Å².